The monoisotopic (exact) mass is 386 g/mol. The van der Waals surface area contributed by atoms with Gasteiger partial charge in [-0.05, 0) is 41.5 Å². The van der Waals surface area contributed by atoms with E-state index in [1.165, 1.54) is 0 Å². The number of ether oxygens (including phenoxy) is 2. The number of carbonyl (C=O) groups excluding carboxylic acids is 2. The molecule has 2 rings (SSSR count). The van der Waals surface area contributed by atoms with E-state index in [1.54, 1.807) is 0 Å². The summed E-state index contributed by atoms with van der Waals surface area (Å²) in [5.74, 6) is -0.975. The summed E-state index contributed by atoms with van der Waals surface area (Å²) in [5, 5.41) is 0. The number of nitrogens with zero attached hydrogens (tertiary/aromatic N) is 4. The highest BCUT2D eigenvalue weighted by Gasteiger charge is 2.13. The average Bonchev–Trinajstić information content (AvgIpc) is 2.63. The molecular weight excluding hydrogens is 360 g/mol. The van der Waals surface area contributed by atoms with Gasteiger partial charge >= 0.3 is 11.9 Å². The molecule has 0 radical (unpaired) electrons. The highest BCUT2D eigenvalue weighted by Crippen LogP contribution is 2.11. The van der Waals surface area contributed by atoms with E-state index >= 15 is 0 Å². The molecule has 0 saturated carbocycles. The van der Waals surface area contributed by atoms with Gasteiger partial charge in [0.1, 0.15) is 13.2 Å². The second-order valence-electron chi connectivity index (χ2n) is 6.67. The molecule has 0 amide bonds. The van der Waals surface area contributed by atoms with E-state index in [0.717, 1.165) is 34.2 Å². The van der Waals surface area contributed by atoms with Gasteiger partial charge in [0.2, 0.25) is 0 Å². The molecule has 2 heterocycles. The Kier molecular flexibility index (Phi) is 7.14. The van der Waals surface area contributed by atoms with E-state index in [9.17, 15) is 9.59 Å². The van der Waals surface area contributed by atoms with E-state index in [2.05, 4.69) is 19.9 Å². The first-order valence-electron chi connectivity index (χ1n) is 9.10. The molecule has 0 saturated heterocycles. The summed E-state index contributed by atoms with van der Waals surface area (Å²) in [7, 11) is 0. The Labute approximate surface area is 164 Å². The van der Waals surface area contributed by atoms with Crippen LogP contribution in [0.3, 0.4) is 0 Å². The predicted octanol–water partition coefficient (Wildman–Crippen LogP) is 2.68. The van der Waals surface area contributed by atoms with Gasteiger partial charge in [-0.1, -0.05) is 0 Å². The third kappa shape index (κ3) is 5.80. The van der Waals surface area contributed by atoms with Crippen LogP contribution in [0.1, 0.15) is 58.4 Å². The minimum absolute atomic E-state index is 0.0330. The average molecular weight is 386 g/mol. The summed E-state index contributed by atoms with van der Waals surface area (Å²) in [6.45, 7) is 11.2. The summed E-state index contributed by atoms with van der Waals surface area (Å²) in [6, 6.07) is 0. The molecule has 8 nitrogen and oxygen atoms in total. The summed E-state index contributed by atoms with van der Waals surface area (Å²) < 4.78 is 10.4. The molecule has 8 heteroatoms. The number of carbonyl (C=O) groups is 2. The number of hydrogen-bond donors (Lipinski definition) is 0. The van der Waals surface area contributed by atoms with Crippen LogP contribution >= 0.6 is 0 Å². The van der Waals surface area contributed by atoms with Crippen molar-refractivity contribution in [2.75, 3.05) is 0 Å². The molecule has 0 unspecified atom stereocenters. The largest absolute Gasteiger partial charge is 0.459 e. The Morgan fingerprint density at radius 3 is 1.25 bits per heavy atom. The first-order valence-corrected chi connectivity index (χ1v) is 9.10. The van der Waals surface area contributed by atoms with Crippen LogP contribution in [0, 0.1) is 41.5 Å². The number of esters is 2. The van der Waals surface area contributed by atoms with Gasteiger partial charge in [0.05, 0.1) is 58.4 Å². The van der Waals surface area contributed by atoms with Crippen LogP contribution in [0.5, 0.6) is 0 Å². The van der Waals surface area contributed by atoms with Crippen molar-refractivity contribution in [3.8, 4) is 0 Å². The van der Waals surface area contributed by atoms with Gasteiger partial charge in [-0.2, -0.15) is 0 Å². The predicted molar refractivity (Wildman–Crippen MR) is 101 cm³/mol. The second-order valence-corrected chi connectivity index (χ2v) is 6.67. The van der Waals surface area contributed by atoms with Crippen molar-refractivity contribution in [2.45, 2.75) is 67.6 Å². The Morgan fingerprint density at radius 2 is 0.893 bits per heavy atom. The normalized spacial score (nSPS) is 10.6. The fraction of sp³-hybridized carbons (Fsp3) is 0.500. The van der Waals surface area contributed by atoms with Crippen molar-refractivity contribution >= 4 is 11.9 Å². The van der Waals surface area contributed by atoms with Gasteiger partial charge < -0.3 is 9.47 Å². The van der Waals surface area contributed by atoms with Gasteiger partial charge in [-0.15, -0.1) is 0 Å². The van der Waals surface area contributed by atoms with Crippen LogP contribution in [0.4, 0.5) is 0 Å². The maximum absolute atomic E-state index is 11.9. The molecule has 0 aliphatic carbocycles. The van der Waals surface area contributed by atoms with Gasteiger partial charge in [-0.3, -0.25) is 29.5 Å². The van der Waals surface area contributed by atoms with Gasteiger partial charge in [0.25, 0.3) is 0 Å². The minimum atomic E-state index is -0.487. The first kappa shape index (κ1) is 21.4. The van der Waals surface area contributed by atoms with E-state index in [4.69, 9.17) is 9.47 Å². The van der Waals surface area contributed by atoms with Gasteiger partial charge in [0.15, 0.2) is 0 Å². The molecule has 0 aromatic carbocycles. The molecule has 0 N–H and O–H groups in total. The Balaban J connectivity index is 1.77. The molecule has 0 fully saturated rings. The molecule has 0 aliphatic rings. The SMILES string of the molecule is Cc1nc(C)c(COC(=O)CCC(=O)OCc2nc(C)c(C)nc2C)nc1C. The molecule has 2 aromatic rings. The van der Waals surface area contributed by atoms with E-state index in [1.807, 2.05) is 41.5 Å². The topological polar surface area (TPSA) is 104 Å². The van der Waals surface area contributed by atoms with Crippen LogP contribution in [-0.2, 0) is 32.3 Å². The van der Waals surface area contributed by atoms with Gasteiger partial charge in [0, 0.05) is 0 Å². The first-order chi connectivity index (χ1) is 13.2. The van der Waals surface area contributed by atoms with E-state index in [-0.39, 0.29) is 26.1 Å². The maximum atomic E-state index is 11.9. The Hall–Kier alpha value is -2.90. The van der Waals surface area contributed by atoms with Crippen LogP contribution in [0.25, 0.3) is 0 Å². The smallest absolute Gasteiger partial charge is 0.306 e. The Morgan fingerprint density at radius 1 is 0.571 bits per heavy atom. The summed E-state index contributed by atoms with van der Waals surface area (Å²) in [5.41, 5.74) is 5.96. The van der Waals surface area contributed by atoms with Crippen molar-refractivity contribution in [3.63, 3.8) is 0 Å². The molecular formula is C20H26N4O4. The van der Waals surface area contributed by atoms with E-state index in [0.29, 0.717) is 11.4 Å². The second kappa shape index (κ2) is 9.34. The van der Waals surface area contributed by atoms with Crippen LogP contribution in [0.2, 0.25) is 0 Å². The van der Waals surface area contributed by atoms with Crippen molar-refractivity contribution in [2.24, 2.45) is 0 Å². The molecule has 0 bridgehead atoms. The molecule has 0 aliphatic heterocycles. The van der Waals surface area contributed by atoms with Crippen molar-refractivity contribution < 1.29 is 19.1 Å². The molecule has 0 spiro atoms. The van der Waals surface area contributed by atoms with Crippen LogP contribution in [0.15, 0.2) is 0 Å². The molecule has 28 heavy (non-hydrogen) atoms. The zero-order valence-corrected chi connectivity index (χ0v) is 17.3. The molecule has 2 aromatic heterocycles. The Bertz CT molecular complexity index is 823. The molecule has 150 valence electrons. The third-order valence-electron chi connectivity index (χ3n) is 4.43. The third-order valence-corrected chi connectivity index (χ3v) is 4.43. The van der Waals surface area contributed by atoms with Crippen molar-refractivity contribution in [1.82, 2.24) is 19.9 Å². The fourth-order valence-electron chi connectivity index (χ4n) is 2.44. The zero-order chi connectivity index (χ0) is 20.8. The number of hydrogen-bond acceptors (Lipinski definition) is 8. The molecule has 0 atom stereocenters. The fourth-order valence-corrected chi connectivity index (χ4v) is 2.44. The summed E-state index contributed by atoms with van der Waals surface area (Å²) >= 11 is 0. The van der Waals surface area contributed by atoms with Gasteiger partial charge in [-0.25, -0.2) is 0 Å². The summed E-state index contributed by atoms with van der Waals surface area (Å²) in [4.78, 5) is 41.3. The van der Waals surface area contributed by atoms with Crippen molar-refractivity contribution in [3.05, 3.63) is 45.6 Å². The lowest BCUT2D eigenvalue weighted by Crippen LogP contribution is -2.13. The van der Waals surface area contributed by atoms with Crippen LogP contribution < -0.4 is 0 Å². The number of aryl methyl sites for hydroxylation is 6. The number of rotatable bonds is 7. The lowest BCUT2D eigenvalue weighted by Gasteiger charge is -2.10. The highest BCUT2D eigenvalue weighted by atomic mass is 16.5. The lowest BCUT2D eigenvalue weighted by molar-refractivity contribution is -0.151. The maximum Gasteiger partial charge on any atom is 0.306 e. The van der Waals surface area contributed by atoms with Crippen molar-refractivity contribution in [1.29, 1.82) is 0 Å². The highest BCUT2D eigenvalue weighted by molar-refractivity contribution is 5.77. The standard InChI is InChI=1S/C20H26N4O4/c1-11-13(3)23-17(15(5)21-11)9-27-19(25)7-8-20(26)28-10-18-16(6)22-12(2)14(4)24-18/h7-10H2,1-6H3. The number of aromatic nitrogens is 4. The quantitative estimate of drug-likeness (QED) is 0.669. The minimum Gasteiger partial charge on any atom is -0.459 e. The van der Waals surface area contributed by atoms with E-state index < -0.39 is 11.9 Å². The summed E-state index contributed by atoms with van der Waals surface area (Å²) in [6.07, 6.45) is -0.124. The lowest BCUT2D eigenvalue weighted by atomic mass is 10.2. The zero-order valence-electron chi connectivity index (χ0n) is 17.3. The van der Waals surface area contributed by atoms with Crippen LogP contribution in [-0.4, -0.2) is 31.9 Å².